The zero-order chi connectivity index (χ0) is 19.6. The Morgan fingerprint density at radius 2 is 1.78 bits per heavy atom. The number of hydrogen-bond donors (Lipinski definition) is 2. The first-order chi connectivity index (χ1) is 13.0. The minimum Gasteiger partial charge on any atom is -0.359 e. The second-order valence-corrected chi connectivity index (χ2v) is 6.31. The third-order valence-corrected chi connectivity index (χ3v) is 3.94. The molecule has 2 rings (SSSR count). The van der Waals surface area contributed by atoms with Crippen LogP contribution in [0.3, 0.4) is 0 Å². The van der Waals surface area contributed by atoms with Crippen molar-refractivity contribution in [1.82, 2.24) is 25.5 Å². The van der Waals surface area contributed by atoms with Gasteiger partial charge in [-0.05, 0) is 18.2 Å². The van der Waals surface area contributed by atoms with Gasteiger partial charge >= 0.3 is 6.03 Å². The third kappa shape index (κ3) is 6.58. The molecular weight excluding hydrogens is 344 g/mol. The molecule has 0 bridgehead atoms. The van der Waals surface area contributed by atoms with E-state index in [9.17, 15) is 9.59 Å². The summed E-state index contributed by atoms with van der Waals surface area (Å²) in [7, 11) is 5.21. The van der Waals surface area contributed by atoms with E-state index >= 15 is 0 Å². The number of likely N-dealkylation sites (N-methyl/N-ethyl adjacent to an activating group) is 1. The molecule has 8 nitrogen and oxygen atoms in total. The summed E-state index contributed by atoms with van der Waals surface area (Å²) < 4.78 is 0. The zero-order valence-electron chi connectivity index (χ0n) is 16.0. The van der Waals surface area contributed by atoms with Crippen molar-refractivity contribution in [3.8, 4) is 0 Å². The van der Waals surface area contributed by atoms with E-state index in [1.807, 2.05) is 42.3 Å². The highest BCUT2D eigenvalue weighted by atomic mass is 16.2. The molecular formula is C19H26N6O2. The summed E-state index contributed by atoms with van der Waals surface area (Å²) in [5.74, 6) is 0.558. The summed E-state index contributed by atoms with van der Waals surface area (Å²) in [5, 5.41) is 5.35. The van der Waals surface area contributed by atoms with Crippen LogP contribution >= 0.6 is 0 Å². The highest BCUT2D eigenvalue weighted by molar-refractivity contribution is 5.83. The van der Waals surface area contributed by atoms with Crippen molar-refractivity contribution in [3.63, 3.8) is 0 Å². The van der Waals surface area contributed by atoms with Crippen LogP contribution in [0.1, 0.15) is 11.3 Å². The Hall–Kier alpha value is -3.16. The predicted molar refractivity (Wildman–Crippen MR) is 104 cm³/mol. The van der Waals surface area contributed by atoms with Gasteiger partial charge in [0.25, 0.3) is 0 Å². The van der Waals surface area contributed by atoms with E-state index in [-0.39, 0.29) is 18.5 Å². The summed E-state index contributed by atoms with van der Waals surface area (Å²) in [6, 6.07) is 9.33. The van der Waals surface area contributed by atoms with E-state index < -0.39 is 0 Å². The zero-order valence-corrected chi connectivity index (χ0v) is 16.0. The summed E-state index contributed by atoms with van der Waals surface area (Å²) in [5.41, 5.74) is 1.93. The van der Waals surface area contributed by atoms with Crippen molar-refractivity contribution >= 4 is 17.8 Å². The topological polar surface area (TPSA) is 90.5 Å². The van der Waals surface area contributed by atoms with E-state index in [1.54, 1.807) is 26.5 Å². The molecule has 0 unspecified atom stereocenters. The maximum atomic E-state index is 11.9. The summed E-state index contributed by atoms with van der Waals surface area (Å²) in [6.07, 6.45) is 4.32. The molecule has 3 amide bonds. The highest BCUT2D eigenvalue weighted by Gasteiger charge is 2.11. The van der Waals surface area contributed by atoms with E-state index in [0.717, 1.165) is 30.0 Å². The van der Waals surface area contributed by atoms with Gasteiger partial charge < -0.3 is 20.4 Å². The highest BCUT2D eigenvalue weighted by Crippen LogP contribution is 2.16. The minimum atomic E-state index is -0.304. The van der Waals surface area contributed by atoms with Gasteiger partial charge in [-0.1, -0.05) is 12.1 Å². The Morgan fingerprint density at radius 3 is 2.48 bits per heavy atom. The Labute approximate surface area is 159 Å². The van der Waals surface area contributed by atoms with Crippen LogP contribution in [-0.2, 0) is 17.8 Å². The van der Waals surface area contributed by atoms with E-state index in [0.29, 0.717) is 6.54 Å². The van der Waals surface area contributed by atoms with E-state index in [2.05, 4.69) is 20.6 Å². The predicted octanol–water partition coefficient (Wildman–Crippen LogP) is 1.04. The quantitative estimate of drug-likeness (QED) is 0.725. The molecule has 0 saturated heterocycles. The molecule has 2 aromatic rings. The molecule has 0 aliphatic carbocycles. The second kappa shape index (κ2) is 10.1. The molecule has 2 aromatic heterocycles. The molecule has 144 valence electrons. The smallest absolute Gasteiger partial charge is 0.317 e. The maximum absolute atomic E-state index is 11.9. The van der Waals surface area contributed by atoms with Crippen molar-refractivity contribution < 1.29 is 9.59 Å². The van der Waals surface area contributed by atoms with Crippen LogP contribution < -0.4 is 15.5 Å². The first-order valence-electron chi connectivity index (χ1n) is 8.74. The van der Waals surface area contributed by atoms with Crippen LogP contribution in [0.4, 0.5) is 10.6 Å². The lowest BCUT2D eigenvalue weighted by Crippen LogP contribution is -2.41. The van der Waals surface area contributed by atoms with Gasteiger partial charge in [0.2, 0.25) is 5.91 Å². The average molecular weight is 370 g/mol. The van der Waals surface area contributed by atoms with Crippen LogP contribution in [0.15, 0.2) is 42.7 Å². The fourth-order valence-corrected chi connectivity index (χ4v) is 2.42. The first-order valence-corrected chi connectivity index (χ1v) is 8.74. The molecule has 0 spiro atoms. The van der Waals surface area contributed by atoms with Gasteiger partial charge in [-0.25, -0.2) is 9.78 Å². The second-order valence-electron chi connectivity index (χ2n) is 6.31. The van der Waals surface area contributed by atoms with E-state index in [4.69, 9.17) is 0 Å². The van der Waals surface area contributed by atoms with Gasteiger partial charge in [0, 0.05) is 64.3 Å². The number of rotatable bonds is 8. The van der Waals surface area contributed by atoms with Crippen molar-refractivity contribution in [2.24, 2.45) is 0 Å². The molecule has 0 aliphatic heterocycles. The van der Waals surface area contributed by atoms with Gasteiger partial charge in [0.05, 0.1) is 6.54 Å². The van der Waals surface area contributed by atoms with Crippen LogP contribution in [0.25, 0.3) is 0 Å². The number of pyridine rings is 2. The van der Waals surface area contributed by atoms with Gasteiger partial charge in [-0.3, -0.25) is 9.78 Å². The molecule has 27 heavy (non-hydrogen) atoms. The number of hydrogen-bond acceptors (Lipinski definition) is 5. The van der Waals surface area contributed by atoms with Crippen molar-refractivity contribution in [1.29, 1.82) is 0 Å². The number of carbonyl (C=O) groups excluding carboxylic acids is 2. The minimum absolute atomic E-state index is 0.0673. The van der Waals surface area contributed by atoms with Gasteiger partial charge in [0.15, 0.2) is 0 Å². The molecule has 2 N–H and O–H groups in total. The number of aromatic nitrogens is 2. The van der Waals surface area contributed by atoms with Crippen LogP contribution in [-0.4, -0.2) is 61.0 Å². The lowest BCUT2D eigenvalue weighted by molar-refractivity contribution is -0.120. The molecule has 2 heterocycles. The fourth-order valence-electron chi connectivity index (χ4n) is 2.42. The Morgan fingerprint density at radius 1 is 1.00 bits per heavy atom. The molecule has 0 radical (unpaired) electrons. The first kappa shape index (κ1) is 20.2. The molecule has 0 atom stereocenters. The van der Waals surface area contributed by atoms with Gasteiger partial charge in [0.1, 0.15) is 5.82 Å². The lowest BCUT2D eigenvalue weighted by atomic mass is 10.2. The van der Waals surface area contributed by atoms with Crippen LogP contribution in [0.5, 0.6) is 0 Å². The number of amides is 3. The monoisotopic (exact) mass is 370 g/mol. The normalized spacial score (nSPS) is 10.2. The number of urea groups is 1. The average Bonchev–Trinajstić information content (AvgIpc) is 2.69. The van der Waals surface area contributed by atoms with Crippen molar-refractivity contribution in [2.75, 3.05) is 39.1 Å². The number of carbonyl (C=O) groups is 2. The third-order valence-electron chi connectivity index (χ3n) is 3.94. The summed E-state index contributed by atoms with van der Waals surface area (Å²) in [6.45, 7) is 1.03. The Kier molecular flexibility index (Phi) is 7.54. The number of anilines is 1. The Balaban J connectivity index is 1.88. The molecule has 0 aromatic carbocycles. The van der Waals surface area contributed by atoms with E-state index in [1.165, 1.54) is 4.90 Å². The van der Waals surface area contributed by atoms with Crippen LogP contribution in [0.2, 0.25) is 0 Å². The van der Waals surface area contributed by atoms with Crippen molar-refractivity contribution in [3.05, 3.63) is 54.0 Å². The van der Waals surface area contributed by atoms with Gasteiger partial charge in [-0.15, -0.1) is 0 Å². The standard InChI is InChI=1S/C19H26N6O2/c1-24(2)19(27)23-14-17(26)22-13-15-7-6-11-21-18(15)25(3)12-9-16-8-4-5-10-20-16/h4-8,10-11H,9,12-14H2,1-3H3,(H,22,26)(H,23,27). The summed E-state index contributed by atoms with van der Waals surface area (Å²) in [4.78, 5) is 35.6. The Bertz CT molecular complexity index is 751. The maximum Gasteiger partial charge on any atom is 0.317 e. The SMILES string of the molecule is CN(C)C(=O)NCC(=O)NCc1cccnc1N(C)CCc1ccccn1. The molecule has 0 aliphatic rings. The van der Waals surface area contributed by atoms with Gasteiger partial charge in [-0.2, -0.15) is 0 Å². The fraction of sp³-hybridized carbons (Fsp3) is 0.368. The molecule has 8 heteroatoms. The van der Waals surface area contributed by atoms with Crippen molar-refractivity contribution in [2.45, 2.75) is 13.0 Å². The number of nitrogens with one attached hydrogen (secondary N) is 2. The number of nitrogens with zero attached hydrogens (tertiary/aromatic N) is 4. The lowest BCUT2D eigenvalue weighted by Gasteiger charge is -2.21. The van der Waals surface area contributed by atoms with Crippen LogP contribution in [0, 0.1) is 0 Å². The molecule has 0 fully saturated rings. The summed E-state index contributed by atoms with van der Waals surface area (Å²) >= 11 is 0. The largest absolute Gasteiger partial charge is 0.359 e. The molecule has 0 saturated carbocycles.